The third-order valence-corrected chi connectivity index (χ3v) is 4.55. The van der Waals surface area contributed by atoms with Crippen molar-refractivity contribution in [2.45, 2.75) is 30.9 Å². The normalized spacial score (nSPS) is 24.9. The van der Waals surface area contributed by atoms with Gasteiger partial charge in [-0.3, -0.25) is 9.78 Å². The summed E-state index contributed by atoms with van der Waals surface area (Å²) in [5.74, 6) is -0.264. The number of nitrogen functional groups attached to an aromatic ring is 1. The third kappa shape index (κ3) is 3.35. The summed E-state index contributed by atoms with van der Waals surface area (Å²) in [7, 11) is 0. The van der Waals surface area contributed by atoms with Crippen LogP contribution in [0.5, 0.6) is 0 Å². The van der Waals surface area contributed by atoms with Gasteiger partial charge in [-0.25, -0.2) is 19.9 Å². The van der Waals surface area contributed by atoms with Crippen LogP contribution in [0.4, 0.5) is 5.82 Å². The zero-order valence-electron chi connectivity index (χ0n) is 14.6. The highest BCUT2D eigenvalue weighted by Gasteiger charge is 2.39. The van der Waals surface area contributed by atoms with Crippen LogP contribution in [0.25, 0.3) is 11.2 Å². The molecule has 1 saturated heterocycles. The number of hydrogen-bond donors (Lipinski definition) is 4. The molecule has 1 amide bonds. The third-order valence-electron chi connectivity index (χ3n) is 4.55. The number of nitrogens with zero attached hydrogens (tertiary/aromatic N) is 6. The van der Waals surface area contributed by atoms with Gasteiger partial charge < -0.3 is 30.6 Å². The van der Waals surface area contributed by atoms with Crippen molar-refractivity contribution >= 4 is 22.9 Å². The number of carbonyl (C=O) groups excluding carboxylic acids is 1. The molecule has 0 saturated carbocycles. The first-order valence-electron chi connectivity index (χ1n) is 8.50. The molecule has 4 rings (SSSR count). The molecule has 12 heteroatoms. The van der Waals surface area contributed by atoms with Crippen LogP contribution in [-0.4, -0.2) is 76.6 Å². The number of ether oxygens (including phenoxy) is 1. The molecule has 12 nitrogen and oxygen atoms in total. The summed E-state index contributed by atoms with van der Waals surface area (Å²) < 4.78 is 7.34. The van der Waals surface area contributed by atoms with Crippen molar-refractivity contribution in [3.05, 3.63) is 36.9 Å². The predicted molar refractivity (Wildman–Crippen MR) is 94.8 cm³/mol. The van der Waals surface area contributed by atoms with Gasteiger partial charge in [-0.1, -0.05) is 0 Å². The summed E-state index contributed by atoms with van der Waals surface area (Å²) in [5.41, 5.74) is 6.82. The highest BCUT2D eigenvalue weighted by Crippen LogP contribution is 2.20. The first-order valence-corrected chi connectivity index (χ1v) is 8.50. The molecule has 0 radical (unpaired) electrons. The van der Waals surface area contributed by atoms with E-state index >= 15 is 0 Å². The van der Waals surface area contributed by atoms with E-state index in [1.165, 1.54) is 31.2 Å². The molecule has 28 heavy (non-hydrogen) atoms. The summed E-state index contributed by atoms with van der Waals surface area (Å²) in [6, 6.07) is -0.793. The van der Waals surface area contributed by atoms with E-state index in [-0.39, 0.29) is 24.7 Å². The van der Waals surface area contributed by atoms with E-state index in [9.17, 15) is 15.0 Å². The summed E-state index contributed by atoms with van der Waals surface area (Å²) in [4.78, 5) is 32.1. The Kier molecular flexibility index (Phi) is 4.81. The Balaban J connectivity index is 1.43. The van der Waals surface area contributed by atoms with Crippen molar-refractivity contribution < 1.29 is 19.7 Å². The van der Waals surface area contributed by atoms with Crippen LogP contribution in [0.1, 0.15) is 10.5 Å². The lowest BCUT2D eigenvalue weighted by atomic mass is 9.97. The Morgan fingerprint density at radius 2 is 2.11 bits per heavy atom. The maximum Gasteiger partial charge on any atom is 0.271 e. The summed E-state index contributed by atoms with van der Waals surface area (Å²) in [6.45, 7) is 0.203. The fraction of sp³-hybridized carbons (Fsp3) is 0.375. The topological polar surface area (TPSA) is 174 Å². The summed E-state index contributed by atoms with van der Waals surface area (Å²) in [5, 5.41) is 23.5. The van der Waals surface area contributed by atoms with E-state index in [0.29, 0.717) is 11.2 Å². The predicted octanol–water partition coefficient (Wildman–Crippen LogP) is -1.88. The average Bonchev–Trinajstić information content (AvgIpc) is 3.12. The maximum atomic E-state index is 12.2. The van der Waals surface area contributed by atoms with E-state index in [4.69, 9.17) is 10.5 Å². The molecule has 3 aromatic heterocycles. The van der Waals surface area contributed by atoms with Crippen LogP contribution in [-0.2, 0) is 11.3 Å². The molecular formula is C16H18N8O4. The first-order chi connectivity index (χ1) is 13.5. The highest BCUT2D eigenvalue weighted by atomic mass is 16.5. The SMILES string of the molecule is Nc1ncnc2c1ncn2C[C@H]1OC[C@@H](NC(=O)c2cnccn2)[C@H](O)[C@@H]1O. The molecule has 0 aromatic carbocycles. The highest BCUT2D eigenvalue weighted by molar-refractivity contribution is 5.92. The number of rotatable bonds is 4. The Bertz CT molecular complexity index is 981. The van der Waals surface area contributed by atoms with Gasteiger partial charge in [-0.15, -0.1) is 0 Å². The van der Waals surface area contributed by atoms with Gasteiger partial charge in [0, 0.05) is 12.4 Å². The van der Waals surface area contributed by atoms with Crippen molar-refractivity contribution in [1.82, 2.24) is 34.8 Å². The minimum atomic E-state index is -1.24. The second kappa shape index (κ2) is 7.42. The molecule has 1 aliphatic rings. The molecule has 4 heterocycles. The number of aliphatic hydroxyl groups is 2. The minimum absolute atomic E-state index is 0.0125. The number of nitrogens with two attached hydrogens (primary N) is 1. The van der Waals surface area contributed by atoms with Gasteiger partial charge in [0.15, 0.2) is 11.5 Å². The lowest BCUT2D eigenvalue weighted by Gasteiger charge is -2.38. The standard InChI is InChI=1S/C16H18N8O4/c17-14-11-15(21-6-20-14)24(7-22-11)4-10-13(26)12(25)9(5-28-10)23-16(27)8-3-18-1-2-19-8/h1-3,6-7,9-10,12-13,25-26H,4-5H2,(H,23,27)(H2,17,20,21)/t9-,10-,12+,13-/m1/s1. The number of aliphatic hydroxyl groups excluding tert-OH is 2. The molecule has 5 N–H and O–H groups in total. The molecule has 0 unspecified atom stereocenters. The fourth-order valence-corrected chi connectivity index (χ4v) is 3.06. The van der Waals surface area contributed by atoms with Gasteiger partial charge in [0.05, 0.1) is 31.7 Å². The van der Waals surface area contributed by atoms with E-state index in [0.717, 1.165) is 0 Å². The molecule has 0 aliphatic carbocycles. The number of imidazole rings is 1. The second-order valence-corrected chi connectivity index (χ2v) is 6.35. The Hall–Kier alpha value is -3.22. The number of hydrogen-bond acceptors (Lipinski definition) is 10. The van der Waals surface area contributed by atoms with Crippen molar-refractivity contribution in [3.63, 3.8) is 0 Å². The van der Waals surface area contributed by atoms with E-state index in [1.54, 1.807) is 4.57 Å². The largest absolute Gasteiger partial charge is 0.388 e. The van der Waals surface area contributed by atoms with Crippen LogP contribution in [0.15, 0.2) is 31.2 Å². The first kappa shape index (κ1) is 18.2. The monoisotopic (exact) mass is 386 g/mol. The quantitative estimate of drug-likeness (QED) is 0.397. The molecule has 146 valence electrons. The lowest BCUT2D eigenvalue weighted by molar-refractivity contribution is -0.152. The molecule has 1 aliphatic heterocycles. The van der Waals surface area contributed by atoms with Crippen molar-refractivity contribution in [2.24, 2.45) is 0 Å². The molecule has 0 bridgehead atoms. The Labute approximate surface area is 158 Å². The van der Waals surface area contributed by atoms with Crippen molar-refractivity contribution in [3.8, 4) is 0 Å². The number of fused-ring (bicyclic) bond motifs is 1. The van der Waals surface area contributed by atoms with Crippen molar-refractivity contribution in [1.29, 1.82) is 0 Å². The molecule has 0 spiro atoms. The minimum Gasteiger partial charge on any atom is -0.388 e. The second-order valence-electron chi connectivity index (χ2n) is 6.35. The van der Waals surface area contributed by atoms with E-state index in [2.05, 4.69) is 30.2 Å². The number of aromatic nitrogens is 6. The van der Waals surface area contributed by atoms with E-state index in [1.807, 2.05) is 0 Å². The number of nitrogens with one attached hydrogen (secondary N) is 1. The number of amides is 1. The Morgan fingerprint density at radius 1 is 1.25 bits per heavy atom. The Morgan fingerprint density at radius 3 is 2.89 bits per heavy atom. The fourth-order valence-electron chi connectivity index (χ4n) is 3.06. The smallest absolute Gasteiger partial charge is 0.271 e. The number of carbonyl (C=O) groups is 1. The zero-order chi connectivity index (χ0) is 19.7. The zero-order valence-corrected chi connectivity index (χ0v) is 14.6. The van der Waals surface area contributed by atoms with Gasteiger partial charge in [0.25, 0.3) is 5.91 Å². The molecular weight excluding hydrogens is 368 g/mol. The van der Waals surface area contributed by atoms with E-state index < -0.39 is 30.3 Å². The molecule has 4 atom stereocenters. The van der Waals surface area contributed by atoms with Gasteiger partial charge in [-0.05, 0) is 0 Å². The van der Waals surface area contributed by atoms with Gasteiger partial charge in [-0.2, -0.15) is 0 Å². The van der Waals surface area contributed by atoms with Crippen molar-refractivity contribution in [2.75, 3.05) is 12.3 Å². The van der Waals surface area contributed by atoms with Crippen LogP contribution in [0.2, 0.25) is 0 Å². The van der Waals surface area contributed by atoms with Crippen LogP contribution < -0.4 is 11.1 Å². The van der Waals surface area contributed by atoms with Gasteiger partial charge in [0.2, 0.25) is 0 Å². The number of anilines is 1. The summed E-state index contributed by atoms with van der Waals surface area (Å²) >= 11 is 0. The van der Waals surface area contributed by atoms with Crippen LogP contribution in [0, 0.1) is 0 Å². The van der Waals surface area contributed by atoms with Gasteiger partial charge >= 0.3 is 0 Å². The molecule has 1 fully saturated rings. The lowest BCUT2D eigenvalue weighted by Crippen LogP contribution is -2.60. The maximum absolute atomic E-state index is 12.2. The van der Waals surface area contributed by atoms with Gasteiger partial charge in [0.1, 0.15) is 35.8 Å². The molecule has 3 aromatic rings. The van der Waals surface area contributed by atoms with Crippen LogP contribution >= 0.6 is 0 Å². The van der Waals surface area contributed by atoms with Crippen LogP contribution in [0.3, 0.4) is 0 Å². The average molecular weight is 386 g/mol. The summed E-state index contributed by atoms with van der Waals surface area (Å²) in [6.07, 6.45) is 3.78.